The second kappa shape index (κ2) is 7.45. The molecule has 0 N–H and O–H groups in total. The molecule has 0 unspecified atom stereocenters. The minimum Gasteiger partial charge on any atom is -0.394 e. The van der Waals surface area contributed by atoms with Crippen LogP contribution in [0.1, 0.15) is 13.8 Å². The van der Waals surface area contributed by atoms with Crippen molar-refractivity contribution in [3.05, 3.63) is 54.1 Å². The van der Waals surface area contributed by atoms with Crippen LogP contribution in [0.2, 0.25) is 0 Å². The van der Waals surface area contributed by atoms with Gasteiger partial charge in [0, 0.05) is 24.8 Å². The van der Waals surface area contributed by atoms with Crippen molar-refractivity contribution in [3.63, 3.8) is 0 Å². The van der Waals surface area contributed by atoms with Gasteiger partial charge < -0.3 is 8.85 Å². The first-order valence-corrected chi connectivity index (χ1v) is 8.46. The highest BCUT2D eigenvalue weighted by Gasteiger charge is 2.15. The SMILES string of the molecule is CCO[SiH](OCC)c1ccc(-c2ccc(F)cc2F)cc1. The zero-order valence-electron chi connectivity index (χ0n) is 12.1. The maximum absolute atomic E-state index is 13.8. The Hall–Kier alpha value is -1.56. The molecule has 0 radical (unpaired) electrons. The van der Waals surface area contributed by atoms with Crippen LogP contribution in [0.15, 0.2) is 42.5 Å². The highest BCUT2D eigenvalue weighted by molar-refractivity contribution is 6.61. The third-order valence-electron chi connectivity index (χ3n) is 3.06. The Kier molecular flexibility index (Phi) is 5.61. The van der Waals surface area contributed by atoms with Gasteiger partial charge in [0.1, 0.15) is 11.6 Å². The van der Waals surface area contributed by atoms with Crippen molar-refractivity contribution < 1.29 is 17.6 Å². The van der Waals surface area contributed by atoms with Crippen LogP contribution in [-0.2, 0) is 8.85 Å². The number of hydrogen-bond donors (Lipinski definition) is 0. The van der Waals surface area contributed by atoms with Gasteiger partial charge in [-0.3, -0.25) is 0 Å². The fourth-order valence-electron chi connectivity index (χ4n) is 2.09. The summed E-state index contributed by atoms with van der Waals surface area (Å²) < 4.78 is 38.0. The van der Waals surface area contributed by atoms with Gasteiger partial charge in [0.05, 0.1) is 0 Å². The van der Waals surface area contributed by atoms with E-state index in [4.69, 9.17) is 8.85 Å². The first-order chi connectivity index (χ1) is 10.2. The average Bonchev–Trinajstić information content (AvgIpc) is 2.47. The van der Waals surface area contributed by atoms with Gasteiger partial charge >= 0.3 is 9.28 Å². The molecule has 112 valence electrons. The molecular formula is C16H18F2O2Si. The summed E-state index contributed by atoms with van der Waals surface area (Å²) >= 11 is 0. The summed E-state index contributed by atoms with van der Waals surface area (Å²) in [5, 5.41) is 1.00. The van der Waals surface area contributed by atoms with E-state index < -0.39 is 20.9 Å². The Balaban J connectivity index is 2.25. The van der Waals surface area contributed by atoms with E-state index in [9.17, 15) is 8.78 Å². The Bertz CT molecular complexity index is 581. The smallest absolute Gasteiger partial charge is 0.355 e. The first kappa shape index (κ1) is 15.8. The predicted octanol–water partition coefficient (Wildman–Crippen LogP) is 3.13. The highest BCUT2D eigenvalue weighted by atomic mass is 28.3. The molecule has 0 aliphatic heterocycles. The van der Waals surface area contributed by atoms with Crippen molar-refractivity contribution in [2.24, 2.45) is 0 Å². The molecule has 0 saturated heterocycles. The van der Waals surface area contributed by atoms with Crippen LogP contribution in [0.4, 0.5) is 8.78 Å². The monoisotopic (exact) mass is 308 g/mol. The molecule has 0 spiro atoms. The topological polar surface area (TPSA) is 18.5 Å². The summed E-state index contributed by atoms with van der Waals surface area (Å²) in [5.41, 5.74) is 1.09. The van der Waals surface area contributed by atoms with Crippen LogP contribution in [0.25, 0.3) is 11.1 Å². The molecule has 0 atom stereocenters. The maximum Gasteiger partial charge on any atom is 0.355 e. The van der Waals surface area contributed by atoms with Gasteiger partial charge in [0.25, 0.3) is 0 Å². The number of halogens is 2. The zero-order chi connectivity index (χ0) is 15.2. The fraction of sp³-hybridized carbons (Fsp3) is 0.250. The third-order valence-corrected chi connectivity index (χ3v) is 5.26. The van der Waals surface area contributed by atoms with Gasteiger partial charge in [0.15, 0.2) is 0 Å². The Morgan fingerprint density at radius 1 is 0.905 bits per heavy atom. The second-order valence-electron chi connectivity index (χ2n) is 4.49. The molecular weight excluding hydrogens is 290 g/mol. The summed E-state index contributed by atoms with van der Waals surface area (Å²) in [6.07, 6.45) is 0. The Labute approximate surface area is 125 Å². The average molecular weight is 308 g/mol. The van der Waals surface area contributed by atoms with Crippen molar-refractivity contribution >= 4 is 14.5 Å². The normalized spacial score (nSPS) is 11.1. The predicted molar refractivity (Wildman–Crippen MR) is 81.8 cm³/mol. The van der Waals surface area contributed by atoms with E-state index in [-0.39, 0.29) is 0 Å². The lowest BCUT2D eigenvalue weighted by Crippen LogP contribution is -2.36. The minimum absolute atomic E-state index is 0.383. The summed E-state index contributed by atoms with van der Waals surface area (Å²) in [5.74, 6) is -1.14. The molecule has 21 heavy (non-hydrogen) atoms. The molecule has 0 fully saturated rings. The molecule has 0 bridgehead atoms. The number of hydrogen-bond acceptors (Lipinski definition) is 2. The van der Waals surface area contributed by atoms with E-state index in [0.717, 1.165) is 11.3 Å². The Morgan fingerprint density at radius 3 is 2.05 bits per heavy atom. The molecule has 2 nitrogen and oxygen atoms in total. The van der Waals surface area contributed by atoms with Crippen LogP contribution in [0.5, 0.6) is 0 Å². The van der Waals surface area contributed by atoms with Crippen molar-refractivity contribution in [2.75, 3.05) is 13.2 Å². The molecule has 5 heteroatoms. The quantitative estimate of drug-likeness (QED) is 0.763. The standard InChI is InChI=1S/C16H18F2O2Si/c1-3-19-21(20-4-2)14-8-5-12(6-9-14)15-10-7-13(17)11-16(15)18/h5-11,21H,3-4H2,1-2H3. The van der Waals surface area contributed by atoms with Crippen LogP contribution < -0.4 is 5.19 Å². The molecule has 2 aromatic carbocycles. The molecule has 2 aromatic rings. The van der Waals surface area contributed by atoms with Crippen molar-refractivity contribution in [2.45, 2.75) is 13.8 Å². The lowest BCUT2D eigenvalue weighted by Gasteiger charge is -2.15. The van der Waals surface area contributed by atoms with E-state index in [1.54, 1.807) is 0 Å². The second-order valence-corrected chi connectivity index (χ2v) is 6.49. The molecule has 0 aliphatic carbocycles. The van der Waals surface area contributed by atoms with Crippen molar-refractivity contribution in [3.8, 4) is 11.1 Å². The third kappa shape index (κ3) is 3.97. The highest BCUT2D eigenvalue weighted by Crippen LogP contribution is 2.22. The molecule has 2 rings (SSSR count). The van der Waals surface area contributed by atoms with Gasteiger partial charge in [-0.05, 0) is 36.7 Å². The van der Waals surface area contributed by atoms with Crippen LogP contribution >= 0.6 is 0 Å². The van der Waals surface area contributed by atoms with Gasteiger partial charge in [-0.15, -0.1) is 0 Å². The zero-order valence-corrected chi connectivity index (χ0v) is 13.3. The van der Waals surface area contributed by atoms with Gasteiger partial charge in [-0.2, -0.15) is 0 Å². The number of benzene rings is 2. The maximum atomic E-state index is 13.8. The summed E-state index contributed by atoms with van der Waals surface area (Å²) in [7, 11) is -1.88. The number of rotatable bonds is 6. The van der Waals surface area contributed by atoms with Gasteiger partial charge in [-0.1, -0.05) is 24.3 Å². The molecule has 0 amide bonds. The summed E-state index contributed by atoms with van der Waals surface area (Å²) in [6, 6.07) is 11.0. The van der Waals surface area contributed by atoms with E-state index in [0.29, 0.717) is 24.3 Å². The minimum atomic E-state index is -1.88. The van der Waals surface area contributed by atoms with Crippen LogP contribution in [0, 0.1) is 11.6 Å². The van der Waals surface area contributed by atoms with E-state index >= 15 is 0 Å². The summed E-state index contributed by atoms with van der Waals surface area (Å²) in [4.78, 5) is 0. The summed E-state index contributed by atoms with van der Waals surface area (Å²) in [6.45, 7) is 5.07. The van der Waals surface area contributed by atoms with Gasteiger partial charge in [-0.25, -0.2) is 8.78 Å². The van der Waals surface area contributed by atoms with E-state index in [1.807, 2.05) is 38.1 Å². The molecule has 0 aliphatic rings. The van der Waals surface area contributed by atoms with Crippen molar-refractivity contribution in [1.29, 1.82) is 0 Å². The van der Waals surface area contributed by atoms with E-state index in [2.05, 4.69) is 0 Å². The van der Waals surface area contributed by atoms with Crippen LogP contribution in [0.3, 0.4) is 0 Å². The lowest BCUT2D eigenvalue weighted by atomic mass is 10.1. The van der Waals surface area contributed by atoms with Crippen LogP contribution in [-0.4, -0.2) is 22.5 Å². The van der Waals surface area contributed by atoms with E-state index in [1.165, 1.54) is 12.1 Å². The van der Waals surface area contributed by atoms with Crippen molar-refractivity contribution in [1.82, 2.24) is 0 Å². The largest absolute Gasteiger partial charge is 0.394 e. The Morgan fingerprint density at radius 2 is 1.52 bits per heavy atom. The lowest BCUT2D eigenvalue weighted by molar-refractivity contribution is 0.225. The first-order valence-electron chi connectivity index (χ1n) is 6.94. The molecule has 0 aromatic heterocycles. The molecule has 0 saturated carbocycles. The molecule has 0 heterocycles. The van der Waals surface area contributed by atoms with Gasteiger partial charge in [0.2, 0.25) is 0 Å². The fourth-order valence-corrected chi connectivity index (χ4v) is 3.68.